The van der Waals surface area contributed by atoms with Gasteiger partial charge in [0, 0.05) is 29.7 Å². The molecule has 228 valence electrons. The molecule has 0 radical (unpaired) electrons. The lowest BCUT2D eigenvalue weighted by atomic mass is 10.0. The predicted molar refractivity (Wildman–Crippen MR) is 165 cm³/mol. The van der Waals surface area contributed by atoms with Gasteiger partial charge in [-0.05, 0) is 49.3 Å². The van der Waals surface area contributed by atoms with Crippen LogP contribution in [0, 0.1) is 0 Å². The Labute approximate surface area is 250 Å². The van der Waals surface area contributed by atoms with Gasteiger partial charge in [0.2, 0.25) is 11.1 Å². The van der Waals surface area contributed by atoms with Crippen LogP contribution in [-0.4, -0.2) is 63.3 Å². The van der Waals surface area contributed by atoms with Crippen molar-refractivity contribution >= 4 is 28.8 Å². The molecule has 0 aliphatic heterocycles. The monoisotopic (exact) mass is 611 g/mol. The van der Waals surface area contributed by atoms with Gasteiger partial charge in [-0.2, -0.15) is 8.78 Å². The number of rotatable bonds is 11. The van der Waals surface area contributed by atoms with E-state index < -0.39 is 16.3 Å². The van der Waals surface area contributed by atoms with Crippen molar-refractivity contribution in [3.63, 3.8) is 0 Å². The molecule has 2 N–H and O–H groups in total. The van der Waals surface area contributed by atoms with Crippen molar-refractivity contribution in [1.29, 1.82) is 0 Å². The second-order valence-electron chi connectivity index (χ2n) is 8.65. The van der Waals surface area contributed by atoms with Gasteiger partial charge in [-0.1, -0.05) is 99.3 Å². The number of alkyl halides is 2. The van der Waals surface area contributed by atoms with E-state index >= 15 is 0 Å². The van der Waals surface area contributed by atoms with Crippen LogP contribution < -0.4 is 0 Å². The summed E-state index contributed by atoms with van der Waals surface area (Å²) >= 11 is -1.23. The number of aliphatic hydroxyl groups is 1. The van der Waals surface area contributed by atoms with Gasteiger partial charge in [-0.25, -0.2) is 4.21 Å². The average Bonchev–Trinajstić information content (AvgIpc) is 2.98. The molecule has 0 spiro atoms. The fourth-order valence-electron chi connectivity index (χ4n) is 3.10. The van der Waals surface area contributed by atoms with Crippen molar-refractivity contribution < 1.29 is 32.2 Å². The third kappa shape index (κ3) is 19.2. The molecule has 10 heteroatoms. The minimum absolute atomic E-state index is 0.127. The highest BCUT2D eigenvalue weighted by Crippen LogP contribution is 2.26. The number of ether oxygens (including phenoxy) is 1. The van der Waals surface area contributed by atoms with Crippen molar-refractivity contribution in [2.75, 3.05) is 33.4 Å². The maximum absolute atomic E-state index is 11.8. The molecular formula is C31H43F2NO5S2. The first-order chi connectivity index (χ1) is 19.6. The summed E-state index contributed by atoms with van der Waals surface area (Å²) in [6.07, 6.45) is 1.06. The number of esters is 1. The average molecular weight is 612 g/mol. The normalized spacial score (nSPS) is 11.9. The summed E-state index contributed by atoms with van der Waals surface area (Å²) in [6, 6.07) is 30.9. The number of halogens is 2. The van der Waals surface area contributed by atoms with E-state index in [0.29, 0.717) is 20.1 Å². The van der Waals surface area contributed by atoms with E-state index in [1.807, 2.05) is 30.3 Å². The highest BCUT2D eigenvalue weighted by atomic mass is 32.2. The lowest BCUT2D eigenvalue weighted by Gasteiger charge is -2.19. The summed E-state index contributed by atoms with van der Waals surface area (Å²) in [7, 11) is 1.00. The molecule has 3 aromatic carbocycles. The molecule has 0 heterocycles. The Bertz CT molecular complexity index is 1030. The molecule has 0 amide bonds. The number of aliphatic hydroxyl groups excluding tert-OH is 1. The van der Waals surface area contributed by atoms with Gasteiger partial charge in [-0.3, -0.25) is 9.69 Å². The molecule has 41 heavy (non-hydrogen) atoms. The Balaban J connectivity index is 0.000000626. The van der Waals surface area contributed by atoms with Crippen LogP contribution in [-0.2, 0) is 20.6 Å². The van der Waals surface area contributed by atoms with Crippen LogP contribution in [0.3, 0.4) is 0 Å². The van der Waals surface area contributed by atoms with Crippen LogP contribution in [0.15, 0.2) is 101 Å². The number of carbonyl (C=O) groups excluding carboxylic acids is 1. The standard InChI is InChI=1S/C16H25NO2.C12H10S.C2H4F2O2S.CH4O/c1-4-11-17(5-2)12-16(18)19-13-14(3)15-9-7-6-8-10-15;1-3-7-11(8-4-1)13-12-9-5-2-6-10-12;1-2(3,4)7(5)6;1-2/h6-10,14H,4-5,11-13H2,1-3H3;1-10H;1H3,(H,5,6);2H,1H3. The number of hydrogen-bond acceptors (Lipinski definition) is 6. The third-order valence-corrected chi connectivity index (χ3v) is 6.86. The lowest BCUT2D eigenvalue weighted by molar-refractivity contribution is -0.145. The molecule has 0 fully saturated rings. The Hall–Kier alpha value is -2.63. The van der Waals surface area contributed by atoms with Crippen molar-refractivity contribution in [2.45, 2.75) is 55.1 Å². The predicted octanol–water partition coefficient (Wildman–Crippen LogP) is 7.33. The van der Waals surface area contributed by atoms with E-state index in [1.165, 1.54) is 15.4 Å². The minimum Gasteiger partial charge on any atom is -0.464 e. The van der Waals surface area contributed by atoms with Crippen LogP contribution >= 0.6 is 11.8 Å². The summed E-state index contributed by atoms with van der Waals surface area (Å²) in [6.45, 7) is 9.31. The molecule has 2 atom stereocenters. The van der Waals surface area contributed by atoms with Gasteiger partial charge in [-0.15, -0.1) is 0 Å². The van der Waals surface area contributed by atoms with Crippen molar-refractivity contribution in [3.8, 4) is 0 Å². The molecular weight excluding hydrogens is 568 g/mol. The lowest BCUT2D eigenvalue weighted by Crippen LogP contribution is -2.32. The highest BCUT2D eigenvalue weighted by Gasteiger charge is 2.28. The summed E-state index contributed by atoms with van der Waals surface area (Å²) in [5.41, 5.74) is 1.20. The van der Waals surface area contributed by atoms with Crippen molar-refractivity contribution in [1.82, 2.24) is 4.90 Å². The Morgan fingerprint density at radius 3 is 1.71 bits per heavy atom. The molecule has 0 aliphatic rings. The second-order valence-corrected chi connectivity index (χ2v) is 11.0. The van der Waals surface area contributed by atoms with Gasteiger partial charge in [0.25, 0.3) is 0 Å². The summed E-state index contributed by atoms with van der Waals surface area (Å²) in [5.74, 6) is 0.115. The number of hydrogen-bond donors (Lipinski definition) is 2. The van der Waals surface area contributed by atoms with Crippen molar-refractivity contribution in [3.05, 3.63) is 96.6 Å². The van der Waals surface area contributed by atoms with E-state index in [4.69, 9.17) is 14.4 Å². The van der Waals surface area contributed by atoms with Gasteiger partial charge in [0.05, 0.1) is 13.2 Å². The van der Waals surface area contributed by atoms with Crippen LogP contribution in [0.25, 0.3) is 0 Å². The number of carbonyl (C=O) groups is 1. The van der Waals surface area contributed by atoms with E-state index in [1.54, 1.807) is 11.8 Å². The Morgan fingerprint density at radius 1 is 0.927 bits per heavy atom. The number of nitrogens with zero attached hydrogens (tertiary/aromatic N) is 1. The zero-order valence-corrected chi connectivity index (χ0v) is 26.0. The quantitative estimate of drug-likeness (QED) is 0.173. The van der Waals surface area contributed by atoms with E-state index in [-0.39, 0.29) is 11.9 Å². The summed E-state index contributed by atoms with van der Waals surface area (Å²) in [4.78, 5) is 16.4. The molecule has 0 aliphatic carbocycles. The van der Waals surface area contributed by atoms with Crippen molar-refractivity contribution in [2.24, 2.45) is 0 Å². The fourth-order valence-corrected chi connectivity index (χ4v) is 3.96. The van der Waals surface area contributed by atoms with Crippen LogP contribution in [0.2, 0.25) is 0 Å². The molecule has 3 aromatic rings. The molecule has 3 rings (SSSR count). The van der Waals surface area contributed by atoms with E-state index in [0.717, 1.165) is 26.6 Å². The van der Waals surface area contributed by atoms with Crippen LogP contribution in [0.5, 0.6) is 0 Å². The Morgan fingerprint density at radius 2 is 1.34 bits per heavy atom. The van der Waals surface area contributed by atoms with E-state index in [9.17, 15) is 17.8 Å². The molecule has 0 aromatic heterocycles. The zero-order valence-electron chi connectivity index (χ0n) is 24.4. The maximum atomic E-state index is 11.8. The SMILES string of the molecule is CC(F)(F)S(=O)O.CCCN(CC)CC(=O)OCC(C)c1ccccc1.CO.c1ccc(Sc2ccccc2)cc1. The molecule has 0 saturated heterocycles. The highest BCUT2D eigenvalue weighted by molar-refractivity contribution is 7.99. The topological polar surface area (TPSA) is 87.1 Å². The summed E-state index contributed by atoms with van der Waals surface area (Å²) < 4.78 is 44.9. The molecule has 2 unspecified atom stereocenters. The van der Waals surface area contributed by atoms with Gasteiger partial charge < -0.3 is 14.4 Å². The van der Waals surface area contributed by atoms with Crippen LogP contribution in [0.1, 0.15) is 45.6 Å². The smallest absolute Gasteiger partial charge is 0.342 e. The van der Waals surface area contributed by atoms with E-state index in [2.05, 4.69) is 86.3 Å². The number of likely N-dealkylation sites (N-methyl/N-ethyl adjacent to an activating group) is 1. The molecule has 0 bridgehead atoms. The fraction of sp³-hybridized carbons (Fsp3) is 0.387. The van der Waals surface area contributed by atoms with Gasteiger partial charge in [0.15, 0.2) is 0 Å². The van der Waals surface area contributed by atoms with Crippen LogP contribution in [0.4, 0.5) is 8.78 Å². The van der Waals surface area contributed by atoms with Gasteiger partial charge in [0.1, 0.15) is 0 Å². The third-order valence-electron chi connectivity index (χ3n) is 5.23. The summed E-state index contributed by atoms with van der Waals surface area (Å²) in [5, 5.41) is 3.53. The number of benzene rings is 3. The first-order valence-corrected chi connectivity index (χ1v) is 15.1. The maximum Gasteiger partial charge on any atom is 0.342 e. The first-order valence-electron chi connectivity index (χ1n) is 13.2. The first kappa shape index (κ1) is 38.4. The molecule has 6 nitrogen and oxygen atoms in total. The minimum atomic E-state index is -3.47. The Kier molecular flexibility index (Phi) is 21.5. The molecule has 0 saturated carbocycles. The zero-order chi connectivity index (χ0) is 31.1. The second kappa shape index (κ2) is 23.0. The largest absolute Gasteiger partial charge is 0.464 e. The van der Waals surface area contributed by atoms with Gasteiger partial charge >= 0.3 is 11.2 Å².